The molecule has 0 aromatic heterocycles. The van der Waals surface area contributed by atoms with Gasteiger partial charge in [0.1, 0.15) is 5.75 Å². The zero-order chi connectivity index (χ0) is 11.8. The maximum atomic E-state index is 8.53. The zero-order valence-electron chi connectivity index (χ0n) is 9.22. The van der Waals surface area contributed by atoms with Gasteiger partial charge in [0, 0.05) is 25.7 Å². The van der Waals surface area contributed by atoms with Crippen molar-refractivity contribution in [1.82, 2.24) is 0 Å². The lowest BCUT2D eigenvalue weighted by Gasteiger charge is -2.07. The molecular formula is C11H16N2O3. The Bertz CT molecular complexity index is 353. The van der Waals surface area contributed by atoms with E-state index in [1.807, 2.05) is 6.07 Å². The first kappa shape index (κ1) is 12.3. The Labute approximate surface area is 94.5 Å². The van der Waals surface area contributed by atoms with Crippen LogP contribution >= 0.6 is 0 Å². The van der Waals surface area contributed by atoms with Gasteiger partial charge in [0.2, 0.25) is 0 Å². The smallest absolute Gasteiger partial charge is 0.170 e. The van der Waals surface area contributed by atoms with Gasteiger partial charge in [-0.1, -0.05) is 17.3 Å². The number of hydrogen-bond donors (Lipinski definition) is 2. The van der Waals surface area contributed by atoms with Gasteiger partial charge in [-0.15, -0.1) is 0 Å². The molecule has 0 radical (unpaired) electrons. The molecule has 0 heterocycles. The van der Waals surface area contributed by atoms with Crippen LogP contribution in [0.5, 0.6) is 5.75 Å². The summed E-state index contributed by atoms with van der Waals surface area (Å²) in [5, 5.41) is 11.5. The lowest BCUT2D eigenvalue weighted by Crippen LogP contribution is -2.13. The van der Waals surface area contributed by atoms with Crippen molar-refractivity contribution in [2.24, 2.45) is 10.9 Å². The Hall–Kier alpha value is -1.75. The Morgan fingerprint density at radius 3 is 2.94 bits per heavy atom. The molecule has 1 rings (SSSR count). The van der Waals surface area contributed by atoms with E-state index in [1.165, 1.54) is 0 Å². The molecule has 0 amide bonds. The van der Waals surface area contributed by atoms with Crippen LogP contribution in [0.1, 0.15) is 12.0 Å². The van der Waals surface area contributed by atoms with Gasteiger partial charge >= 0.3 is 0 Å². The van der Waals surface area contributed by atoms with E-state index in [2.05, 4.69) is 5.16 Å². The summed E-state index contributed by atoms with van der Waals surface area (Å²) in [6, 6.07) is 7.08. The van der Waals surface area contributed by atoms with E-state index in [0.29, 0.717) is 24.5 Å². The third-order valence-electron chi connectivity index (χ3n) is 2.00. The maximum absolute atomic E-state index is 8.53. The van der Waals surface area contributed by atoms with Crippen LogP contribution in [0.25, 0.3) is 0 Å². The summed E-state index contributed by atoms with van der Waals surface area (Å²) in [7, 11) is 1.65. The molecule has 3 N–H and O–H groups in total. The van der Waals surface area contributed by atoms with Crippen molar-refractivity contribution >= 4 is 5.84 Å². The van der Waals surface area contributed by atoms with E-state index >= 15 is 0 Å². The third-order valence-corrected chi connectivity index (χ3v) is 2.00. The first-order valence-corrected chi connectivity index (χ1v) is 4.97. The molecule has 88 valence electrons. The SMILES string of the molecule is COCCCOc1cccc(/C(N)=N/O)c1. The van der Waals surface area contributed by atoms with Crippen molar-refractivity contribution in [3.05, 3.63) is 29.8 Å². The topological polar surface area (TPSA) is 77.1 Å². The normalized spacial score (nSPS) is 11.4. The molecule has 5 nitrogen and oxygen atoms in total. The van der Waals surface area contributed by atoms with Crippen molar-refractivity contribution in [2.45, 2.75) is 6.42 Å². The Kier molecular flexibility index (Phi) is 5.15. The second-order valence-electron chi connectivity index (χ2n) is 3.21. The van der Waals surface area contributed by atoms with Crippen molar-refractivity contribution in [3.63, 3.8) is 0 Å². The van der Waals surface area contributed by atoms with E-state index in [1.54, 1.807) is 25.3 Å². The molecule has 0 atom stereocenters. The van der Waals surface area contributed by atoms with Gasteiger partial charge in [0.25, 0.3) is 0 Å². The van der Waals surface area contributed by atoms with Crippen LogP contribution < -0.4 is 10.5 Å². The molecule has 16 heavy (non-hydrogen) atoms. The molecule has 0 spiro atoms. The highest BCUT2D eigenvalue weighted by Gasteiger charge is 2.00. The number of oxime groups is 1. The molecule has 0 saturated carbocycles. The first-order chi connectivity index (χ1) is 7.77. The fourth-order valence-electron chi connectivity index (χ4n) is 1.20. The molecule has 0 aliphatic carbocycles. The summed E-state index contributed by atoms with van der Waals surface area (Å²) in [4.78, 5) is 0. The number of benzene rings is 1. The van der Waals surface area contributed by atoms with Gasteiger partial charge in [0.05, 0.1) is 6.61 Å². The van der Waals surface area contributed by atoms with Gasteiger partial charge in [-0.25, -0.2) is 0 Å². The minimum Gasteiger partial charge on any atom is -0.493 e. The standard InChI is InChI=1S/C11H16N2O3/c1-15-6-3-7-16-10-5-2-4-9(8-10)11(12)13-14/h2,4-5,8,14H,3,6-7H2,1H3,(H2,12,13). The van der Waals surface area contributed by atoms with Gasteiger partial charge in [-0.2, -0.15) is 0 Å². The van der Waals surface area contributed by atoms with Crippen molar-refractivity contribution in [2.75, 3.05) is 20.3 Å². The molecule has 0 aliphatic rings. The molecule has 1 aromatic rings. The van der Waals surface area contributed by atoms with E-state index in [0.717, 1.165) is 6.42 Å². The summed E-state index contributed by atoms with van der Waals surface area (Å²) < 4.78 is 10.4. The minimum atomic E-state index is 0.0716. The van der Waals surface area contributed by atoms with E-state index in [4.69, 9.17) is 20.4 Å². The number of hydrogen-bond acceptors (Lipinski definition) is 4. The molecular weight excluding hydrogens is 208 g/mol. The van der Waals surface area contributed by atoms with E-state index in [9.17, 15) is 0 Å². The van der Waals surface area contributed by atoms with Gasteiger partial charge in [-0.05, 0) is 12.1 Å². The summed E-state index contributed by atoms with van der Waals surface area (Å²) in [5.41, 5.74) is 6.10. The highest BCUT2D eigenvalue weighted by atomic mass is 16.5. The predicted molar refractivity (Wildman–Crippen MR) is 60.9 cm³/mol. The Balaban J connectivity index is 2.54. The third kappa shape index (κ3) is 3.78. The number of ether oxygens (including phenoxy) is 2. The molecule has 0 aliphatic heterocycles. The predicted octanol–water partition coefficient (Wildman–Crippen LogP) is 1.20. The van der Waals surface area contributed by atoms with Crippen LogP contribution in [-0.2, 0) is 4.74 Å². The molecule has 0 fully saturated rings. The van der Waals surface area contributed by atoms with Crippen LogP contribution in [0.15, 0.2) is 29.4 Å². The number of amidine groups is 1. The van der Waals surface area contributed by atoms with Gasteiger partial charge in [-0.3, -0.25) is 0 Å². The fourth-order valence-corrected chi connectivity index (χ4v) is 1.20. The average molecular weight is 224 g/mol. The summed E-state index contributed by atoms with van der Waals surface area (Å²) >= 11 is 0. The number of nitrogens with two attached hydrogens (primary N) is 1. The van der Waals surface area contributed by atoms with Crippen LogP contribution in [0.3, 0.4) is 0 Å². The Morgan fingerprint density at radius 1 is 1.44 bits per heavy atom. The summed E-state index contributed by atoms with van der Waals surface area (Å²) in [6.45, 7) is 1.24. The van der Waals surface area contributed by atoms with E-state index in [-0.39, 0.29) is 5.84 Å². The average Bonchev–Trinajstić information content (AvgIpc) is 2.34. The minimum absolute atomic E-state index is 0.0716. The van der Waals surface area contributed by atoms with Gasteiger partial charge < -0.3 is 20.4 Å². The zero-order valence-corrected chi connectivity index (χ0v) is 9.22. The first-order valence-electron chi connectivity index (χ1n) is 4.97. The fraction of sp³-hybridized carbons (Fsp3) is 0.364. The number of rotatable bonds is 6. The van der Waals surface area contributed by atoms with E-state index < -0.39 is 0 Å². The molecule has 0 bridgehead atoms. The summed E-state index contributed by atoms with van der Waals surface area (Å²) in [6.07, 6.45) is 0.824. The highest BCUT2D eigenvalue weighted by Crippen LogP contribution is 2.13. The Morgan fingerprint density at radius 2 is 2.25 bits per heavy atom. The highest BCUT2D eigenvalue weighted by molar-refractivity contribution is 5.97. The monoisotopic (exact) mass is 224 g/mol. The quantitative estimate of drug-likeness (QED) is 0.250. The second-order valence-corrected chi connectivity index (χ2v) is 3.21. The van der Waals surface area contributed by atoms with Gasteiger partial charge in [0.15, 0.2) is 5.84 Å². The van der Waals surface area contributed by atoms with Crippen molar-refractivity contribution < 1.29 is 14.7 Å². The summed E-state index contributed by atoms with van der Waals surface area (Å²) in [5.74, 6) is 0.766. The molecule has 0 saturated heterocycles. The lowest BCUT2D eigenvalue weighted by atomic mass is 10.2. The molecule has 0 unspecified atom stereocenters. The second kappa shape index (κ2) is 6.68. The van der Waals surface area contributed by atoms with Crippen LogP contribution in [-0.4, -0.2) is 31.4 Å². The number of methoxy groups -OCH3 is 1. The number of nitrogens with zero attached hydrogens (tertiary/aromatic N) is 1. The van der Waals surface area contributed by atoms with Crippen LogP contribution in [0.4, 0.5) is 0 Å². The van der Waals surface area contributed by atoms with Crippen molar-refractivity contribution in [1.29, 1.82) is 0 Å². The van der Waals surface area contributed by atoms with Crippen LogP contribution in [0.2, 0.25) is 0 Å². The van der Waals surface area contributed by atoms with Crippen molar-refractivity contribution in [3.8, 4) is 5.75 Å². The molecule has 1 aromatic carbocycles. The van der Waals surface area contributed by atoms with Crippen LogP contribution in [0, 0.1) is 0 Å². The lowest BCUT2D eigenvalue weighted by molar-refractivity contribution is 0.172. The largest absolute Gasteiger partial charge is 0.493 e. The maximum Gasteiger partial charge on any atom is 0.170 e. The molecule has 5 heteroatoms.